The van der Waals surface area contributed by atoms with Crippen molar-refractivity contribution < 1.29 is 9.15 Å². The van der Waals surface area contributed by atoms with E-state index in [-0.39, 0.29) is 12.1 Å². The molecule has 1 saturated heterocycles. The second-order valence-electron chi connectivity index (χ2n) is 5.93. The molecule has 1 aliphatic rings. The lowest BCUT2D eigenvalue weighted by atomic mass is 10.1. The summed E-state index contributed by atoms with van der Waals surface area (Å²) in [6.07, 6.45) is 1.17. The zero-order valence-electron chi connectivity index (χ0n) is 12.8. The van der Waals surface area contributed by atoms with Crippen molar-refractivity contribution in [1.29, 1.82) is 0 Å². The van der Waals surface area contributed by atoms with Crippen LogP contribution in [0, 0.1) is 6.92 Å². The number of rotatable bonds is 4. The number of fused-ring (bicyclic) bond motifs is 1. The van der Waals surface area contributed by atoms with Gasteiger partial charge in [0.25, 0.3) is 0 Å². The van der Waals surface area contributed by atoms with Crippen LogP contribution in [-0.4, -0.2) is 37.2 Å². The number of benzene rings is 1. The van der Waals surface area contributed by atoms with E-state index in [1.807, 2.05) is 6.07 Å². The van der Waals surface area contributed by atoms with Gasteiger partial charge >= 0.3 is 0 Å². The third-order valence-corrected chi connectivity index (χ3v) is 4.14. The monoisotopic (exact) mass is 288 g/mol. The highest BCUT2D eigenvalue weighted by molar-refractivity contribution is 5.78. The van der Waals surface area contributed by atoms with E-state index in [9.17, 15) is 0 Å². The number of nitrogens with zero attached hydrogens (tertiary/aromatic N) is 1. The maximum atomic E-state index is 6.38. The summed E-state index contributed by atoms with van der Waals surface area (Å²) in [4.78, 5) is 2.42. The van der Waals surface area contributed by atoms with E-state index in [1.54, 1.807) is 0 Å². The van der Waals surface area contributed by atoms with Crippen LogP contribution in [0.3, 0.4) is 0 Å². The number of hydrogen-bond acceptors (Lipinski definition) is 4. The molecular formula is C17H24N2O2. The van der Waals surface area contributed by atoms with Gasteiger partial charge in [-0.2, -0.15) is 0 Å². The first-order valence-corrected chi connectivity index (χ1v) is 7.77. The minimum Gasteiger partial charge on any atom is -0.459 e. The second kappa shape index (κ2) is 6.18. The first-order valence-electron chi connectivity index (χ1n) is 7.77. The summed E-state index contributed by atoms with van der Waals surface area (Å²) in [5.74, 6) is 0.818. The van der Waals surface area contributed by atoms with Crippen molar-refractivity contribution in [1.82, 2.24) is 4.90 Å². The lowest BCUT2D eigenvalue weighted by molar-refractivity contribution is -0.0434. The fraction of sp³-hybridized carbons (Fsp3) is 0.529. The Morgan fingerprint density at radius 3 is 3.05 bits per heavy atom. The summed E-state index contributed by atoms with van der Waals surface area (Å²) >= 11 is 0. The standard InChI is InChI=1S/C17H24N2O2/c1-3-6-19-7-8-20-16(11-19)17(18)15-10-13-9-12(2)4-5-14(13)21-15/h4-5,9-10,16-17H,3,6-8,11,18H2,1-2H3. The lowest BCUT2D eigenvalue weighted by Crippen LogP contribution is -2.47. The molecule has 1 fully saturated rings. The fourth-order valence-corrected chi connectivity index (χ4v) is 3.00. The van der Waals surface area contributed by atoms with Gasteiger partial charge in [-0.05, 0) is 38.1 Å². The molecular weight excluding hydrogens is 264 g/mol. The second-order valence-corrected chi connectivity index (χ2v) is 5.93. The number of nitrogens with two attached hydrogens (primary N) is 1. The average molecular weight is 288 g/mol. The third-order valence-electron chi connectivity index (χ3n) is 4.14. The van der Waals surface area contributed by atoms with Gasteiger partial charge in [0, 0.05) is 18.5 Å². The number of hydrogen-bond donors (Lipinski definition) is 1. The van der Waals surface area contributed by atoms with E-state index in [0.29, 0.717) is 0 Å². The molecule has 2 N–H and O–H groups in total. The minimum absolute atomic E-state index is 0.00644. The lowest BCUT2D eigenvalue weighted by Gasteiger charge is -2.34. The van der Waals surface area contributed by atoms with Crippen molar-refractivity contribution in [2.45, 2.75) is 32.4 Å². The molecule has 2 unspecified atom stereocenters. The van der Waals surface area contributed by atoms with Crippen molar-refractivity contribution in [2.24, 2.45) is 5.73 Å². The number of ether oxygens (including phenoxy) is 1. The molecule has 0 aliphatic carbocycles. The molecule has 1 aromatic carbocycles. The van der Waals surface area contributed by atoms with Crippen LogP contribution in [0.2, 0.25) is 0 Å². The summed E-state index contributed by atoms with van der Waals surface area (Å²) in [5.41, 5.74) is 8.51. The first kappa shape index (κ1) is 14.6. The molecule has 0 amide bonds. The van der Waals surface area contributed by atoms with Gasteiger partial charge in [0.05, 0.1) is 18.8 Å². The Morgan fingerprint density at radius 2 is 2.24 bits per heavy atom. The smallest absolute Gasteiger partial charge is 0.134 e. The van der Waals surface area contributed by atoms with Gasteiger partial charge in [-0.15, -0.1) is 0 Å². The molecule has 4 nitrogen and oxygen atoms in total. The maximum absolute atomic E-state index is 6.38. The van der Waals surface area contributed by atoms with Crippen molar-refractivity contribution in [3.05, 3.63) is 35.6 Å². The molecule has 1 aliphatic heterocycles. The molecule has 2 atom stereocenters. The molecule has 0 radical (unpaired) electrons. The molecule has 4 heteroatoms. The highest BCUT2D eigenvalue weighted by Gasteiger charge is 2.28. The van der Waals surface area contributed by atoms with Gasteiger partial charge in [-0.25, -0.2) is 0 Å². The first-order chi connectivity index (χ1) is 10.2. The number of aryl methyl sites for hydroxylation is 1. The van der Waals surface area contributed by atoms with Crippen LogP contribution in [-0.2, 0) is 4.74 Å². The Bertz CT molecular complexity index is 606. The average Bonchev–Trinajstić information content (AvgIpc) is 2.90. The van der Waals surface area contributed by atoms with Crippen LogP contribution in [0.4, 0.5) is 0 Å². The zero-order valence-corrected chi connectivity index (χ0v) is 12.8. The molecule has 0 bridgehead atoms. The molecule has 3 rings (SSSR count). The van der Waals surface area contributed by atoms with Crippen molar-refractivity contribution in [3.8, 4) is 0 Å². The zero-order chi connectivity index (χ0) is 14.8. The fourth-order valence-electron chi connectivity index (χ4n) is 3.00. The minimum atomic E-state index is -0.211. The van der Waals surface area contributed by atoms with Crippen molar-refractivity contribution in [2.75, 3.05) is 26.2 Å². The van der Waals surface area contributed by atoms with Gasteiger partial charge in [0.2, 0.25) is 0 Å². The van der Waals surface area contributed by atoms with Crippen LogP contribution < -0.4 is 5.73 Å². The van der Waals surface area contributed by atoms with Gasteiger partial charge < -0.3 is 14.9 Å². The summed E-state index contributed by atoms with van der Waals surface area (Å²) in [6, 6.07) is 8.03. The molecule has 21 heavy (non-hydrogen) atoms. The molecule has 114 valence electrons. The topological polar surface area (TPSA) is 51.6 Å². The van der Waals surface area contributed by atoms with Gasteiger partial charge in [-0.1, -0.05) is 18.6 Å². The Balaban J connectivity index is 1.77. The van der Waals surface area contributed by atoms with E-state index < -0.39 is 0 Å². The summed E-state index contributed by atoms with van der Waals surface area (Å²) in [7, 11) is 0. The van der Waals surface area contributed by atoms with E-state index in [0.717, 1.165) is 49.4 Å². The normalized spacial score (nSPS) is 21.8. The predicted octanol–water partition coefficient (Wildman–Crippen LogP) is 2.85. The van der Waals surface area contributed by atoms with Gasteiger partial charge in [0.15, 0.2) is 0 Å². The van der Waals surface area contributed by atoms with Crippen LogP contribution in [0.5, 0.6) is 0 Å². The number of furan rings is 1. The Morgan fingerprint density at radius 1 is 1.38 bits per heavy atom. The molecule has 2 heterocycles. The van der Waals surface area contributed by atoms with E-state index in [4.69, 9.17) is 14.9 Å². The highest BCUT2D eigenvalue weighted by Crippen LogP contribution is 2.27. The highest BCUT2D eigenvalue weighted by atomic mass is 16.5. The summed E-state index contributed by atoms with van der Waals surface area (Å²) in [5, 5.41) is 1.11. The molecule has 1 aromatic heterocycles. The van der Waals surface area contributed by atoms with Gasteiger partial charge in [-0.3, -0.25) is 4.90 Å². The Labute approximate surface area is 125 Å². The SMILES string of the molecule is CCCN1CCOC(C(N)c2cc3cc(C)ccc3o2)C1. The van der Waals surface area contributed by atoms with E-state index in [2.05, 4.69) is 36.9 Å². The van der Waals surface area contributed by atoms with Crippen LogP contribution >= 0.6 is 0 Å². The van der Waals surface area contributed by atoms with Crippen LogP contribution in [0.15, 0.2) is 28.7 Å². The quantitative estimate of drug-likeness (QED) is 0.940. The third kappa shape index (κ3) is 3.12. The summed E-state index contributed by atoms with van der Waals surface area (Å²) in [6.45, 7) is 8.01. The largest absolute Gasteiger partial charge is 0.459 e. The summed E-state index contributed by atoms with van der Waals surface area (Å²) < 4.78 is 11.8. The van der Waals surface area contributed by atoms with Crippen LogP contribution in [0.25, 0.3) is 11.0 Å². The molecule has 2 aromatic rings. The van der Waals surface area contributed by atoms with E-state index in [1.165, 1.54) is 5.56 Å². The Hall–Kier alpha value is -1.36. The van der Waals surface area contributed by atoms with Crippen molar-refractivity contribution >= 4 is 11.0 Å². The molecule has 0 saturated carbocycles. The predicted molar refractivity (Wildman–Crippen MR) is 84.4 cm³/mol. The van der Waals surface area contributed by atoms with E-state index >= 15 is 0 Å². The van der Waals surface area contributed by atoms with Crippen LogP contribution in [0.1, 0.15) is 30.7 Å². The Kier molecular flexibility index (Phi) is 4.29. The van der Waals surface area contributed by atoms with Gasteiger partial charge in [0.1, 0.15) is 11.3 Å². The van der Waals surface area contributed by atoms with Crippen molar-refractivity contribution in [3.63, 3.8) is 0 Å². The molecule has 0 spiro atoms. The number of morpholine rings is 1. The maximum Gasteiger partial charge on any atom is 0.134 e.